The number of nitrogens with zero attached hydrogens (tertiary/aromatic N) is 2. The second kappa shape index (κ2) is 6.81. The van der Waals surface area contributed by atoms with E-state index in [0.29, 0.717) is 12.4 Å². The zero-order chi connectivity index (χ0) is 16.1. The average Bonchev–Trinajstić information content (AvgIpc) is 2.34. The number of hydrogen-bond acceptors (Lipinski definition) is 6. The van der Waals surface area contributed by atoms with Gasteiger partial charge in [0.1, 0.15) is 5.82 Å². The van der Waals surface area contributed by atoms with Gasteiger partial charge in [-0.15, -0.1) is 10.2 Å². The topological polar surface area (TPSA) is 113 Å². The number of amides is 1. The molecule has 0 aromatic carbocycles. The number of nitrogens with one attached hydrogen (secondary N) is 3. The van der Waals surface area contributed by atoms with Gasteiger partial charge in [0.15, 0.2) is 5.69 Å². The molecule has 0 aliphatic rings. The molecule has 1 heterocycles. The minimum Gasteiger partial charge on any atom is -0.369 e. The van der Waals surface area contributed by atoms with Crippen molar-refractivity contribution in [3.05, 3.63) is 17.8 Å². The lowest BCUT2D eigenvalue weighted by molar-refractivity contribution is 0.0938. The molecule has 0 saturated heterocycles. The molecule has 8 nitrogen and oxygen atoms in total. The third kappa shape index (κ3) is 6.50. The molecule has 118 valence electrons. The lowest BCUT2D eigenvalue weighted by Gasteiger charge is -2.25. The van der Waals surface area contributed by atoms with Gasteiger partial charge in [-0.05, 0) is 32.9 Å². The van der Waals surface area contributed by atoms with Gasteiger partial charge < -0.3 is 10.6 Å². The Morgan fingerprint density at radius 2 is 1.95 bits per heavy atom. The van der Waals surface area contributed by atoms with Gasteiger partial charge in [0, 0.05) is 18.6 Å². The van der Waals surface area contributed by atoms with Crippen LogP contribution in [0, 0.1) is 0 Å². The van der Waals surface area contributed by atoms with Crippen molar-refractivity contribution in [1.82, 2.24) is 20.2 Å². The van der Waals surface area contributed by atoms with Crippen LogP contribution in [0.2, 0.25) is 0 Å². The molecule has 0 radical (unpaired) electrons. The highest BCUT2D eigenvalue weighted by molar-refractivity contribution is 7.88. The third-order valence-electron chi connectivity index (χ3n) is 2.41. The summed E-state index contributed by atoms with van der Waals surface area (Å²) in [5.74, 6) is 0.182. The number of sulfonamides is 1. The fraction of sp³-hybridized carbons (Fsp3) is 0.583. The maximum atomic E-state index is 11.9. The Kier molecular flexibility index (Phi) is 5.62. The van der Waals surface area contributed by atoms with Crippen LogP contribution in [0.5, 0.6) is 0 Å². The minimum atomic E-state index is -3.34. The molecule has 0 bridgehead atoms. The zero-order valence-corrected chi connectivity index (χ0v) is 13.4. The van der Waals surface area contributed by atoms with Crippen LogP contribution >= 0.6 is 0 Å². The van der Waals surface area contributed by atoms with Crippen molar-refractivity contribution in [2.45, 2.75) is 26.3 Å². The van der Waals surface area contributed by atoms with Crippen LogP contribution in [-0.2, 0) is 10.0 Å². The molecule has 0 atom stereocenters. The van der Waals surface area contributed by atoms with E-state index in [9.17, 15) is 13.2 Å². The van der Waals surface area contributed by atoms with Crippen molar-refractivity contribution in [3.63, 3.8) is 0 Å². The van der Waals surface area contributed by atoms with E-state index in [1.165, 1.54) is 0 Å². The van der Waals surface area contributed by atoms with E-state index in [4.69, 9.17) is 0 Å². The van der Waals surface area contributed by atoms with Crippen molar-refractivity contribution >= 4 is 21.7 Å². The molecule has 0 fully saturated rings. The van der Waals surface area contributed by atoms with Gasteiger partial charge in [-0.1, -0.05) is 0 Å². The molecule has 0 saturated carbocycles. The first kappa shape index (κ1) is 17.3. The van der Waals surface area contributed by atoms with Gasteiger partial charge in [0.05, 0.1) is 6.26 Å². The van der Waals surface area contributed by atoms with Crippen molar-refractivity contribution < 1.29 is 13.2 Å². The van der Waals surface area contributed by atoms with Crippen LogP contribution in [0.1, 0.15) is 31.3 Å². The first-order valence-electron chi connectivity index (χ1n) is 6.48. The Morgan fingerprint density at radius 3 is 2.43 bits per heavy atom. The summed E-state index contributed by atoms with van der Waals surface area (Å²) in [5.41, 5.74) is -0.618. The van der Waals surface area contributed by atoms with E-state index in [1.54, 1.807) is 26.0 Å². The normalized spacial score (nSPS) is 12.0. The fourth-order valence-electron chi connectivity index (χ4n) is 1.66. The number of aromatic nitrogens is 2. The van der Waals surface area contributed by atoms with Crippen molar-refractivity contribution in [1.29, 1.82) is 0 Å². The van der Waals surface area contributed by atoms with Crippen molar-refractivity contribution in [2.24, 2.45) is 0 Å². The lowest BCUT2D eigenvalue weighted by Crippen LogP contribution is -2.51. The summed E-state index contributed by atoms with van der Waals surface area (Å²) in [4.78, 5) is 11.9. The maximum Gasteiger partial charge on any atom is 0.271 e. The molecule has 9 heteroatoms. The van der Waals surface area contributed by atoms with Crippen LogP contribution in [0.15, 0.2) is 12.1 Å². The third-order valence-corrected chi connectivity index (χ3v) is 3.33. The summed E-state index contributed by atoms with van der Waals surface area (Å²) < 4.78 is 24.9. The van der Waals surface area contributed by atoms with E-state index in [0.717, 1.165) is 6.26 Å². The average molecular weight is 315 g/mol. The fourth-order valence-corrected chi connectivity index (χ4v) is 2.73. The van der Waals surface area contributed by atoms with E-state index in [-0.39, 0.29) is 12.2 Å². The first-order valence-corrected chi connectivity index (χ1v) is 8.37. The van der Waals surface area contributed by atoms with E-state index in [1.807, 2.05) is 6.92 Å². The highest BCUT2D eigenvalue weighted by atomic mass is 32.2. The van der Waals surface area contributed by atoms with Crippen LogP contribution in [0.25, 0.3) is 0 Å². The summed E-state index contributed by atoms with van der Waals surface area (Å²) in [6.07, 6.45) is 1.07. The minimum absolute atomic E-state index is 0.134. The Balaban J connectivity index is 2.61. The highest BCUT2D eigenvalue weighted by Gasteiger charge is 2.23. The molecular weight excluding hydrogens is 294 g/mol. The van der Waals surface area contributed by atoms with Gasteiger partial charge in [0.25, 0.3) is 5.91 Å². The monoisotopic (exact) mass is 315 g/mol. The standard InChI is InChI=1S/C12H21N5O3S/c1-5-13-10-7-6-9(15-16-10)11(18)14-8-12(2,3)17-21(4,19)20/h6-7,17H,5,8H2,1-4H3,(H,13,16)(H,14,18). The first-order chi connectivity index (χ1) is 9.63. The molecule has 3 N–H and O–H groups in total. The molecule has 21 heavy (non-hydrogen) atoms. The smallest absolute Gasteiger partial charge is 0.271 e. The molecule has 0 spiro atoms. The number of carbonyl (C=O) groups is 1. The summed E-state index contributed by atoms with van der Waals surface area (Å²) in [6.45, 7) is 6.13. The van der Waals surface area contributed by atoms with E-state index < -0.39 is 21.5 Å². The zero-order valence-electron chi connectivity index (χ0n) is 12.6. The molecule has 0 aliphatic heterocycles. The van der Waals surface area contributed by atoms with E-state index in [2.05, 4.69) is 25.6 Å². The predicted molar refractivity (Wildman–Crippen MR) is 80.6 cm³/mol. The predicted octanol–water partition coefficient (Wildman–Crippen LogP) is -0.0340. The van der Waals surface area contributed by atoms with Gasteiger partial charge in [-0.2, -0.15) is 0 Å². The van der Waals surface area contributed by atoms with Gasteiger partial charge in [-0.25, -0.2) is 13.1 Å². The van der Waals surface area contributed by atoms with E-state index >= 15 is 0 Å². The number of hydrogen-bond donors (Lipinski definition) is 3. The molecule has 1 amide bonds. The quantitative estimate of drug-likeness (QED) is 0.651. The molecule has 1 rings (SSSR count). The van der Waals surface area contributed by atoms with Crippen LogP contribution in [0.3, 0.4) is 0 Å². The second-order valence-electron chi connectivity index (χ2n) is 5.27. The van der Waals surface area contributed by atoms with Gasteiger partial charge in [-0.3, -0.25) is 4.79 Å². The Labute approximate surface area is 124 Å². The van der Waals surface area contributed by atoms with Crippen LogP contribution < -0.4 is 15.4 Å². The SMILES string of the molecule is CCNc1ccc(C(=O)NCC(C)(C)NS(C)(=O)=O)nn1. The summed E-state index contributed by atoms with van der Waals surface area (Å²) in [6, 6.07) is 3.21. The largest absolute Gasteiger partial charge is 0.369 e. The van der Waals surface area contributed by atoms with Gasteiger partial charge >= 0.3 is 0 Å². The molecule has 0 unspecified atom stereocenters. The maximum absolute atomic E-state index is 11.9. The van der Waals surface area contributed by atoms with Crippen molar-refractivity contribution in [2.75, 3.05) is 24.7 Å². The highest BCUT2D eigenvalue weighted by Crippen LogP contribution is 2.04. The van der Waals surface area contributed by atoms with Crippen molar-refractivity contribution in [3.8, 4) is 0 Å². The molecular formula is C12H21N5O3S. The Hall–Kier alpha value is -1.74. The van der Waals surface area contributed by atoms with Crippen LogP contribution in [-0.4, -0.2) is 49.4 Å². The summed E-state index contributed by atoms with van der Waals surface area (Å²) in [7, 11) is -3.34. The van der Waals surface area contributed by atoms with Gasteiger partial charge in [0.2, 0.25) is 10.0 Å². The number of anilines is 1. The lowest BCUT2D eigenvalue weighted by atomic mass is 10.1. The molecule has 1 aromatic rings. The Morgan fingerprint density at radius 1 is 1.29 bits per heavy atom. The summed E-state index contributed by atoms with van der Waals surface area (Å²) >= 11 is 0. The molecule has 0 aliphatic carbocycles. The second-order valence-corrected chi connectivity index (χ2v) is 7.02. The number of carbonyl (C=O) groups excluding carboxylic acids is 1. The Bertz CT molecular complexity index is 583. The summed E-state index contributed by atoms with van der Waals surface area (Å²) in [5, 5.41) is 13.3. The number of rotatable bonds is 7. The molecule has 1 aromatic heterocycles. The van der Waals surface area contributed by atoms with Crippen LogP contribution in [0.4, 0.5) is 5.82 Å².